The lowest BCUT2D eigenvalue weighted by Gasteiger charge is -2.32. The normalized spacial score (nSPS) is 23.0. The minimum atomic E-state index is 0. The number of rotatable bonds is 6. The first-order valence-electron chi connectivity index (χ1n) is 8.90. The largest absolute Gasteiger partial charge is 0.381 e. The molecule has 136 valence electrons. The molecule has 1 aliphatic carbocycles. The number of ether oxygens (including phenoxy) is 1. The summed E-state index contributed by atoms with van der Waals surface area (Å²) in [5.41, 5.74) is 0. The summed E-state index contributed by atoms with van der Waals surface area (Å²) in [5.74, 6) is 1.65. The molecule has 5 nitrogen and oxygen atoms in total. The number of aliphatic imine (C=N–C) groups is 1. The Balaban J connectivity index is 0.00000264. The lowest BCUT2D eigenvalue weighted by molar-refractivity contribution is 0.180. The van der Waals surface area contributed by atoms with Crippen LogP contribution >= 0.6 is 24.0 Å². The Morgan fingerprint density at radius 3 is 2.52 bits per heavy atom. The van der Waals surface area contributed by atoms with Crippen LogP contribution in [-0.2, 0) is 4.74 Å². The first kappa shape index (κ1) is 21.0. The van der Waals surface area contributed by atoms with E-state index in [-0.39, 0.29) is 24.0 Å². The zero-order chi connectivity index (χ0) is 15.8. The highest BCUT2D eigenvalue weighted by Crippen LogP contribution is 2.21. The van der Waals surface area contributed by atoms with Crippen LogP contribution in [0.25, 0.3) is 0 Å². The standard InChI is InChI=1S/C17H34N4O.HI/c1-18-17(21(3)13-15-9-12-22-14-15)19-10-11-20(2)16-7-5-4-6-8-16;/h15-16H,4-14H2,1-3H3,(H,18,19);1H. The van der Waals surface area contributed by atoms with E-state index in [1.807, 2.05) is 7.05 Å². The number of guanidine groups is 1. The lowest BCUT2D eigenvalue weighted by Crippen LogP contribution is -2.45. The van der Waals surface area contributed by atoms with E-state index in [1.165, 1.54) is 38.5 Å². The zero-order valence-corrected chi connectivity index (χ0v) is 17.4. The third-order valence-corrected chi connectivity index (χ3v) is 5.08. The van der Waals surface area contributed by atoms with Gasteiger partial charge in [-0.05, 0) is 26.3 Å². The van der Waals surface area contributed by atoms with Gasteiger partial charge in [0, 0.05) is 52.3 Å². The molecule has 23 heavy (non-hydrogen) atoms. The van der Waals surface area contributed by atoms with Gasteiger partial charge in [-0.25, -0.2) is 0 Å². The molecule has 6 heteroatoms. The predicted octanol–water partition coefficient (Wildman–Crippen LogP) is 2.41. The topological polar surface area (TPSA) is 40.1 Å². The molecule has 1 heterocycles. The van der Waals surface area contributed by atoms with Crippen LogP contribution in [0.5, 0.6) is 0 Å². The van der Waals surface area contributed by atoms with Crippen LogP contribution in [0.1, 0.15) is 38.5 Å². The molecule has 0 aromatic rings. The highest BCUT2D eigenvalue weighted by atomic mass is 127. The molecule has 1 saturated heterocycles. The summed E-state index contributed by atoms with van der Waals surface area (Å²) in [6.07, 6.45) is 8.13. The average Bonchev–Trinajstić information content (AvgIpc) is 3.05. The van der Waals surface area contributed by atoms with Crippen molar-refractivity contribution in [1.29, 1.82) is 0 Å². The average molecular weight is 438 g/mol. The van der Waals surface area contributed by atoms with Gasteiger partial charge in [-0.2, -0.15) is 0 Å². The van der Waals surface area contributed by atoms with Gasteiger partial charge in [0.15, 0.2) is 5.96 Å². The molecule has 0 aromatic heterocycles. The van der Waals surface area contributed by atoms with Gasteiger partial charge < -0.3 is 19.9 Å². The van der Waals surface area contributed by atoms with Crippen molar-refractivity contribution in [1.82, 2.24) is 15.1 Å². The van der Waals surface area contributed by atoms with Gasteiger partial charge in [-0.1, -0.05) is 19.3 Å². The second kappa shape index (κ2) is 11.5. The van der Waals surface area contributed by atoms with Gasteiger partial charge in [-0.15, -0.1) is 24.0 Å². The summed E-state index contributed by atoms with van der Waals surface area (Å²) >= 11 is 0. The molecule has 1 saturated carbocycles. The Morgan fingerprint density at radius 2 is 1.91 bits per heavy atom. The summed E-state index contributed by atoms with van der Waals surface area (Å²) in [7, 11) is 6.26. The highest BCUT2D eigenvalue weighted by molar-refractivity contribution is 14.0. The predicted molar refractivity (Wildman–Crippen MR) is 108 cm³/mol. The maximum absolute atomic E-state index is 5.46. The molecule has 0 amide bonds. The van der Waals surface area contributed by atoms with Crippen LogP contribution in [0, 0.1) is 5.92 Å². The zero-order valence-electron chi connectivity index (χ0n) is 15.1. The van der Waals surface area contributed by atoms with Gasteiger partial charge >= 0.3 is 0 Å². The Bertz CT molecular complexity index is 341. The summed E-state index contributed by atoms with van der Waals surface area (Å²) < 4.78 is 5.46. The van der Waals surface area contributed by atoms with Crippen LogP contribution in [0.15, 0.2) is 4.99 Å². The van der Waals surface area contributed by atoms with E-state index in [9.17, 15) is 0 Å². The van der Waals surface area contributed by atoms with Crippen molar-refractivity contribution in [2.45, 2.75) is 44.6 Å². The molecule has 2 aliphatic rings. The van der Waals surface area contributed by atoms with Crippen molar-refractivity contribution in [3.8, 4) is 0 Å². The molecule has 2 rings (SSSR count). The third kappa shape index (κ3) is 7.13. The van der Waals surface area contributed by atoms with Crippen molar-refractivity contribution < 1.29 is 4.74 Å². The molecule has 0 aromatic carbocycles. The molecular formula is C17H35IN4O. The number of likely N-dealkylation sites (N-methyl/N-ethyl adjacent to an activating group) is 1. The highest BCUT2D eigenvalue weighted by Gasteiger charge is 2.20. The molecule has 1 unspecified atom stereocenters. The maximum atomic E-state index is 5.46. The van der Waals surface area contributed by atoms with E-state index in [2.05, 4.69) is 34.2 Å². The van der Waals surface area contributed by atoms with Crippen molar-refractivity contribution in [3.05, 3.63) is 0 Å². The Kier molecular flexibility index (Phi) is 10.5. The number of halogens is 1. The summed E-state index contributed by atoms with van der Waals surface area (Å²) in [6.45, 7) is 4.88. The Labute approximate surface area is 159 Å². The quantitative estimate of drug-likeness (QED) is 0.393. The van der Waals surface area contributed by atoms with Crippen molar-refractivity contribution in [2.75, 3.05) is 54.0 Å². The summed E-state index contributed by atoms with van der Waals surface area (Å²) in [6, 6.07) is 0.783. The molecular weight excluding hydrogens is 403 g/mol. The fourth-order valence-electron chi connectivity index (χ4n) is 3.63. The van der Waals surface area contributed by atoms with E-state index in [0.717, 1.165) is 44.8 Å². The molecule has 0 spiro atoms. The molecule has 1 atom stereocenters. The second-order valence-electron chi connectivity index (χ2n) is 6.86. The lowest BCUT2D eigenvalue weighted by atomic mass is 9.94. The smallest absolute Gasteiger partial charge is 0.193 e. The Hall–Kier alpha value is -0.0800. The third-order valence-electron chi connectivity index (χ3n) is 5.08. The Morgan fingerprint density at radius 1 is 1.17 bits per heavy atom. The summed E-state index contributed by atoms with van der Waals surface area (Å²) in [5, 5.41) is 3.51. The minimum absolute atomic E-state index is 0. The monoisotopic (exact) mass is 438 g/mol. The second-order valence-corrected chi connectivity index (χ2v) is 6.86. The molecule has 0 bridgehead atoms. The fourth-order valence-corrected chi connectivity index (χ4v) is 3.63. The van der Waals surface area contributed by atoms with Crippen LogP contribution in [0.3, 0.4) is 0 Å². The van der Waals surface area contributed by atoms with Crippen molar-refractivity contribution in [2.24, 2.45) is 10.9 Å². The van der Waals surface area contributed by atoms with Crippen LogP contribution in [0.4, 0.5) is 0 Å². The van der Waals surface area contributed by atoms with E-state index >= 15 is 0 Å². The van der Waals surface area contributed by atoms with Crippen LogP contribution in [0.2, 0.25) is 0 Å². The van der Waals surface area contributed by atoms with E-state index < -0.39 is 0 Å². The number of hydrogen-bond donors (Lipinski definition) is 1. The fraction of sp³-hybridized carbons (Fsp3) is 0.941. The van der Waals surface area contributed by atoms with Gasteiger partial charge in [0.1, 0.15) is 0 Å². The number of hydrogen-bond acceptors (Lipinski definition) is 3. The van der Waals surface area contributed by atoms with Crippen LogP contribution in [-0.4, -0.2) is 75.8 Å². The van der Waals surface area contributed by atoms with E-state index in [1.54, 1.807) is 0 Å². The molecule has 1 aliphatic heterocycles. The number of nitrogens with one attached hydrogen (secondary N) is 1. The van der Waals surface area contributed by atoms with Crippen molar-refractivity contribution in [3.63, 3.8) is 0 Å². The van der Waals surface area contributed by atoms with Gasteiger partial charge in [-0.3, -0.25) is 4.99 Å². The molecule has 1 N–H and O–H groups in total. The van der Waals surface area contributed by atoms with Gasteiger partial charge in [0.25, 0.3) is 0 Å². The van der Waals surface area contributed by atoms with Crippen LogP contribution < -0.4 is 5.32 Å². The number of nitrogens with zero attached hydrogens (tertiary/aromatic N) is 3. The minimum Gasteiger partial charge on any atom is -0.381 e. The van der Waals surface area contributed by atoms with E-state index in [4.69, 9.17) is 4.74 Å². The molecule has 0 radical (unpaired) electrons. The van der Waals surface area contributed by atoms with E-state index in [0.29, 0.717) is 5.92 Å². The molecule has 2 fully saturated rings. The van der Waals surface area contributed by atoms with Gasteiger partial charge in [0.05, 0.1) is 6.61 Å². The maximum Gasteiger partial charge on any atom is 0.193 e. The first-order valence-corrected chi connectivity index (χ1v) is 8.90. The van der Waals surface area contributed by atoms with Crippen molar-refractivity contribution >= 4 is 29.9 Å². The first-order chi connectivity index (χ1) is 10.7. The van der Waals surface area contributed by atoms with Gasteiger partial charge in [0.2, 0.25) is 0 Å². The SMILES string of the molecule is CN=C(NCCN(C)C1CCCCC1)N(C)CC1CCOC1.I. The summed E-state index contributed by atoms with van der Waals surface area (Å²) in [4.78, 5) is 9.17.